The molecule has 492 valence electrons. The fraction of sp³-hybridized carbons (Fsp3) is 0.433. The Morgan fingerprint density at radius 1 is 0.511 bits per heavy atom. The normalized spacial score (nSPS) is 13.9. The largest absolute Gasteiger partial charge is 0.490 e. The maximum absolute atomic E-state index is 13.7. The molecule has 0 unspecified atom stereocenters. The molecule has 8 aromatic rings. The lowest BCUT2D eigenvalue weighted by Crippen LogP contribution is -2.32. The molecule has 0 bridgehead atoms. The van der Waals surface area contributed by atoms with Crippen LogP contribution in [-0.4, -0.2) is 104 Å². The first-order valence-electron chi connectivity index (χ1n) is 29.4. The molecular weight excluding hydrogens is 1300 g/mol. The molecule has 2 aliphatic rings. The molecule has 2 aliphatic carbocycles. The lowest BCUT2D eigenvalue weighted by molar-refractivity contribution is -0.144. The topological polar surface area (TPSA) is 192 Å². The highest BCUT2D eigenvalue weighted by Crippen LogP contribution is 2.40. The number of benzene rings is 2. The molecule has 2 N–H and O–H groups in total. The van der Waals surface area contributed by atoms with Crippen molar-refractivity contribution in [3.63, 3.8) is 0 Å². The molecule has 2 saturated carbocycles. The summed E-state index contributed by atoms with van der Waals surface area (Å²) in [5.41, 5.74) is -2.49. The molecule has 92 heavy (non-hydrogen) atoms. The summed E-state index contributed by atoms with van der Waals surface area (Å²) in [6.07, 6.45) is -0.870. The fourth-order valence-corrected chi connectivity index (χ4v) is 11.4. The van der Waals surface area contributed by atoms with Crippen LogP contribution in [0.3, 0.4) is 0 Å². The second kappa shape index (κ2) is 30.6. The number of aromatic nitrogens is 12. The quantitative estimate of drug-likeness (QED) is 0.0540. The van der Waals surface area contributed by atoms with Gasteiger partial charge in [0.2, 0.25) is 0 Å². The third-order valence-electron chi connectivity index (χ3n) is 15.4. The van der Waals surface area contributed by atoms with Crippen LogP contribution >= 0.6 is 15.9 Å². The Bertz CT molecular complexity index is 3580. The van der Waals surface area contributed by atoms with Crippen LogP contribution in [0.1, 0.15) is 110 Å². The van der Waals surface area contributed by atoms with E-state index in [0.717, 1.165) is 79.7 Å². The van der Waals surface area contributed by atoms with E-state index in [-0.39, 0.29) is 61.3 Å². The van der Waals surface area contributed by atoms with Crippen LogP contribution in [0.5, 0.6) is 0 Å². The van der Waals surface area contributed by atoms with Crippen molar-refractivity contribution in [3.8, 4) is 11.1 Å². The SMILES string of the molecule is CCN(CC1CCCC1)c1ncc(-c2cccnc2)cc1CN(Cc1cc(C(F)(F)F)cc(C(F)(F)F)c1)c1nnn(C)n1.CCN(CC1CCCC1)c1ncc(Br)cc1CN(Cc1cc(C(F)(F)F)cc(C(F)(F)F)c1)c1nnn(C)n1.OB(O)c1cccnc1. The smallest absolute Gasteiger partial charge is 0.423 e. The summed E-state index contributed by atoms with van der Waals surface area (Å²) >= 11 is 3.44. The van der Waals surface area contributed by atoms with Gasteiger partial charge >= 0.3 is 31.8 Å². The Morgan fingerprint density at radius 2 is 0.924 bits per heavy atom. The van der Waals surface area contributed by atoms with Crippen LogP contribution in [0.2, 0.25) is 0 Å². The van der Waals surface area contributed by atoms with Crippen LogP contribution in [-0.2, 0) is 65.0 Å². The molecule has 18 nitrogen and oxygen atoms in total. The monoisotopic (exact) mass is 1360 g/mol. The van der Waals surface area contributed by atoms with Gasteiger partial charge in [0.1, 0.15) is 11.6 Å². The van der Waals surface area contributed by atoms with Crippen molar-refractivity contribution in [2.24, 2.45) is 25.9 Å². The van der Waals surface area contributed by atoms with Crippen molar-refractivity contribution in [3.05, 3.63) is 159 Å². The Morgan fingerprint density at radius 3 is 1.27 bits per heavy atom. The summed E-state index contributed by atoms with van der Waals surface area (Å²) in [4.78, 5) is 27.0. The Hall–Kier alpha value is -8.00. The van der Waals surface area contributed by atoms with Crippen LogP contribution in [0, 0.1) is 11.8 Å². The third kappa shape index (κ3) is 19.5. The van der Waals surface area contributed by atoms with E-state index < -0.39 is 54.1 Å². The first-order valence-corrected chi connectivity index (χ1v) is 30.2. The van der Waals surface area contributed by atoms with E-state index in [4.69, 9.17) is 15.0 Å². The summed E-state index contributed by atoms with van der Waals surface area (Å²) in [7, 11) is 1.64. The lowest BCUT2D eigenvalue weighted by Gasteiger charge is -2.30. The second-order valence-corrected chi connectivity index (χ2v) is 23.2. The Labute approximate surface area is 531 Å². The number of hydrogen-bond donors (Lipinski definition) is 2. The van der Waals surface area contributed by atoms with Gasteiger partial charge in [-0.2, -0.15) is 62.3 Å². The number of pyridine rings is 4. The van der Waals surface area contributed by atoms with Gasteiger partial charge < -0.3 is 29.6 Å². The van der Waals surface area contributed by atoms with Crippen molar-refractivity contribution in [1.29, 1.82) is 0 Å². The van der Waals surface area contributed by atoms with Gasteiger partial charge in [-0.05, 0) is 150 Å². The van der Waals surface area contributed by atoms with Gasteiger partial charge in [-0.25, -0.2) is 9.97 Å². The Kier molecular flexibility index (Phi) is 23.3. The number of tetrazole rings is 2. The molecule has 0 amide bonds. The van der Waals surface area contributed by atoms with Gasteiger partial charge in [0, 0.05) is 115 Å². The molecule has 2 aromatic carbocycles. The highest BCUT2D eigenvalue weighted by atomic mass is 79.9. The molecule has 0 saturated heterocycles. The molecular formula is C60H66BBrF12N16O2. The van der Waals surface area contributed by atoms with Crippen molar-refractivity contribution >= 4 is 52.0 Å². The highest BCUT2D eigenvalue weighted by Gasteiger charge is 2.39. The van der Waals surface area contributed by atoms with Gasteiger partial charge in [0.15, 0.2) is 0 Å². The summed E-state index contributed by atoms with van der Waals surface area (Å²) in [5.74, 6) is 2.53. The van der Waals surface area contributed by atoms with E-state index in [0.29, 0.717) is 52.1 Å². The predicted octanol–water partition coefficient (Wildman–Crippen LogP) is 12.3. The maximum Gasteiger partial charge on any atom is 0.490 e. The number of anilines is 4. The first-order chi connectivity index (χ1) is 43.5. The molecule has 0 radical (unpaired) electrons. The highest BCUT2D eigenvalue weighted by molar-refractivity contribution is 9.10. The van der Waals surface area contributed by atoms with E-state index in [1.165, 1.54) is 65.4 Å². The van der Waals surface area contributed by atoms with Gasteiger partial charge in [-0.1, -0.05) is 48.0 Å². The van der Waals surface area contributed by atoms with E-state index in [1.54, 1.807) is 49.2 Å². The number of hydrogen-bond acceptors (Lipinski definition) is 16. The van der Waals surface area contributed by atoms with Crippen molar-refractivity contribution in [1.82, 2.24) is 60.4 Å². The van der Waals surface area contributed by atoms with E-state index in [9.17, 15) is 52.7 Å². The van der Waals surface area contributed by atoms with E-state index in [2.05, 4.69) is 71.5 Å². The van der Waals surface area contributed by atoms with Gasteiger partial charge in [0.05, 0.1) is 42.9 Å². The van der Waals surface area contributed by atoms with Crippen LogP contribution in [0.15, 0.2) is 114 Å². The number of alkyl halides is 12. The molecule has 2 fully saturated rings. The summed E-state index contributed by atoms with van der Waals surface area (Å²) in [6, 6.07) is 13.8. The van der Waals surface area contributed by atoms with Crippen molar-refractivity contribution in [2.45, 2.75) is 116 Å². The fourth-order valence-electron chi connectivity index (χ4n) is 11.0. The summed E-state index contributed by atoms with van der Waals surface area (Å²) in [5, 5.41) is 41.2. The molecule has 32 heteroatoms. The predicted molar refractivity (Wildman–Crippen MR) is 323 cm³/mol. The molecule has 6 aromatic heterocycles. The molecule has 0 atom stereocenters. The van der Waals surface area contributed by atoms with Crippen LogP contribution in [0.25, 0.3) is 11.1 Å². The lowest BCUT2D eigenvalue weighted by atomic mass is 9.82. The number of halogens is 13. The minimum Gasteiger partial charge on any atom is -0.423 e. The zero-order chi connectivity index (χ0) is 66.5. The maximum atomic E-state index is 13.7. The van der Waals surface area contributed by atoms with Crippen LogP contribution in [0.4, 0.5) is 76.2 Å². The minimum absolute atomic E-state index is 0.0426. The molecule has 0 spiro atoms. The zero-order valence-corrected chi connectivity index (χ0v) is 52.0. The first kappa shape index (κ1) is 69.9. The van der Waals surface area contributed by atoms with Gasteiger partial charge in [-0.15, -0.1) is 10.2 Å². The van der Waals surface area contributed by atoms with E-state index in [1.807, 2.05) is 32.0 Å². The zero-order valence-electron chi connectivity index (χ0n) is 50.4. The minimum atomic E-state index is -4.97. The summed E-state index contributed by atoms with van der Waals surface area (Å²) < 4.78 is 164. The summed E-state index contributed by atoms with van der Waals surface area (Å²) in [6.45, 7) is 6.44. The number of rotatable bonds is 20. The van der Waals surface area contributed by atoms with Crippen molar-refractivity contribution in [2.75, 3.05) is 45.8 Å². The third-order valence-corrected chi connectivity index (χ3v) is 15.9. The molecule has 6 heterocycles. The molecule has 0 aliphatic heterocycles. The van der Waals surface area contributed by atoms with Crippen molar-refractivity contribution < 1.29 is 62.7 Å². The average Bonchev–Trinajstić information content (AvgIpc) is 1.17. The van der Waals surface area contributed by atoms with Gasteiger partial charge in [0.25, 0.3) is 11.9 Å². The average molecular weight is 1360 g/mol. The Balaban J connectivity index is 0.000000209. The second-order valence-electron chi connectivity index (χ2n) is 22.3. The number of aryl methyl sites for hydroxylation is 2. The van der Waals surface area contributed by atoms with E-state index >= 15 is 0 Å². The standard InChI is InChI=1S/C30H32F6N8.C25H28BrF6N7.C5H6BNO2/c1-3-43(17-20-7-4-5-8-20)27-24(13-23(16-38-27)22-9-6-10-37-15-22)19-44(28-39-41-42(2)40-28)18-21-11-25(29(31,32)33)14-26(12-21)30(34,35)36;1-3-38(13-16-6-4-5-7-16)22-18(10-21(26)12-33-22)15-39(23-34-36-37(2)35-23)14-17-8-19(24(27,28)29)11-20(9-17)25(30,31)32;8-6(9)5-2-1-3-7-4-5/h6,9-16,20H,3-5,7-8,17-19H2,1-2H3;8-12,16H,3-7,13-15H2,1-2H3;1-4,8-9H. The molecule has 10 rings (SSSR count). The van der Waals surface area contributed by atoms with Crippen LogP contribution < -0.4 is 25.1 Å². The van der Waals surface area contributed by atoms with Gasteiger partial charge in [-0.3, -0.25) is 9.97 Å². The number of nitrogens with zero attached hydrogens (tertiary/aromatic N) is 16.